The SMILES string of the molecule is CCCNC(CCO)c1c(C)cccc1C. The van der Waals surface area contributed by atoms with Gasteiger partial charge in [-0.15, -0.1) is 0 Å². The number of aliphatic hydroxyl groups excluding tert-OH is 1. The highest BCUT2D eigenvalue weighted by Crippen LogP contribution is 2.24. The second-order valence-corrected chi connectivity index (χ2v) is 4.32. The fourth-order valence-electron chi connectivity index (χ4n) is 2.17. The Morgan fingerprint density at radius 3 is 2.38 bits per heavy atom. The third-order valence-corrected chi connectivity index (χ3v) is 2.95. The molecule has 0 amide bonds. The van der Waals surface area contributed by atoms with Crippen molar-refractivity contribution in [1.82, 2.24) is 5.32 Å². The highest BCUT2D eigenvalue weighted by Gasteiger charge is 2.14. The molecule has 0 bridgehead atoms. The summed E-state index contributed by atoms with van der Waals surface area (Å²) in [6.45, 7) is 7.67. The topological polar surface area (TPSA) is 32.3 Å². The first-order valence-corrected chi connectivity index (χ1v) is 6.11. The zero-order valence-corrected chi connectivity index (χ0v) is 10.6. The first kappa shape index (κ1) is 13.2. The standard InChI is InChI=1S/C14H23NO/c1-4-9-15-13(8-10-16)14-11(2)6-5-7-12(14)3/h5-7,13,15-16H,4,8-10H2,1-3H3. The molecule has 2 N–H and O–H groups in total. The van der Waals surface area contributed by atoms with Crippen molar-refractivity contribution in [1.29, 1.82) is 0 Å². The highest BCUT2D eigenvalue weighted by atomic mass is 16.3. The molecular formula is C14H23NO. The number of rotatable bonds is 6. The molecule has 0 aliphatic carbocycles. The van der Waals surface area contributed by atoms with Gasteiger partial charge >= 0.3 is 0 Å². The monoisotopic (exact) mass is 221 g/mol. The van der Waals surface area contributed by atoms with E-state index in [1.165, 1.54) is 16.7 Å². The maximum atomic E-state index is 9.14. The molecule has 1 aromatic rings. The van der Waals surface area contributed by atoms with Crippen LogP contribution >= 0.6 is 0 Å². The van der Waals surface area contributed by atoms with Crippen LogP contribution in [0, 0.1) is 13.8 Å². The number of benzene rings is 1. The van der Waals surface area contributed by atoms with E-state index in [1.54, 1.807) is 0 Å². The summed E-state index contributed by atoms with van der Waals surface area (Å²) < 4.78 is 0. The number of hydrogen-bond acceptors (Lipinski definition) is 2. The average Bonchev–Trinajstić information content (AvgIpc) is 2.25. The molecule has 2 nitrogen and oxygen atoms in total. The van der Waals surface area contributed by atoms with Gasteiger partial charge < -0.3 is 10.4 Å². The van der Waals surface area contributed by atoms with E-state index >= 15 is 0 Å². The van der Waals surface area contributed by atoms with Crippen LogP contribution in [-0.2, 0) is 0 Å². The van der Waals surface area contributed by atoms with Crippen LogP contribution in [0.1, 0.15) is 42.5 Å². The van der Waals surface area contributed by atoms with Gasteiger partial charge in [0.25, 0.3) is 0 Å². The maximum Gasteiger partial charge on any atom is 0.0449 e. The lowest BCUT2D eigenvalue weighted by Gasteiger charge is -2.22. The smallest absolute Gasteiger partial charge is 0.0449 e. The third-order valence-electron chi connectivity index (χ3n) is 2.95. The van der Waals surface area contributed by atoms with Crippen molar-refractivity contribution in [2.45, 2.75) is 39.7 Å². The quantitative estimate of drug-likeness (QED) is 0.774. The fourth-order valence-corrected chi connectivity index (χ4v) is 2.17. The van der Waals surface area contributed by atoms with E-state index in [0.717, 1.165) is 19.4 Å². The molecule has 0 radical (unpaired) electrons. The zero-order chi connectivity index (χ0) is 12.0. The van der Waals surface area contributed by atoms with E-state index < -0.39 is 0 Å². The summed E-state index contributed by atoms with van der Waals surface area (Å²) in [6.07, 6.45) is 1.90. The van der Waals surface area contributed by atoms with Gasteiger partial charge in [-0.1, -0.05) is 25.1 Å². The summed E-state index contributed by atoms with van der Waals surface area (Å²) in [5, 5.41) is 12.6. The molecule has 0 saturated carbocycles. The van der Waals surface area contributed by atoms with Gasteiger partial charge in [0.15, 0.2) is 0 Å². The van der Waals surface area contributed by atoms with E-state index in [2.05, 4.69) is 44.3 Å². The van der Waals surface area contributed by atoms with Crippen molar-refractivity contribution >= 4 is 0 Å². The summed E-state index contributed by atoms with van der Waals surface area (Å²) >= 11 is 0. The van der Waals surface area contributed by atoms with E-state index in [4.69, 9.17) is 5.11 Å². The van der Waals surface area contributed by atoms with Gasteiger partial charge in [-0.3, -0.25) is 0 Å². The van der Waals surface area contributed by atoms with Crippen LogP contribution < -0.4 is 5.32 Å². The molecule has 1 rings (SSSR count). The first-order chi connectivity index (χ1) is 7.70. The largest absolute Gasteiger partial charge is 0.396 e. The second kappa shape index (κ2) is 6.66. The van der Waals surface area contributed by atoms with Crippen molar-refractivity contribution < 1.29 is 5.11 Å². The van der Waals surface area contributed by atoms with Crippen LogP contribution in [0.25, 0.3) is 0 Å². The van der Waals surface area contributed by atoms with Crippen LogP contribution in [0.4, 0.5) is 0 Å². The number of aryl methyl sites for hydroxylation is 2. The molecule has 0 heterocycles. The van der Waals surface area contributed by atoms with Crippen molar-refractivity contribution in [3.63, 3.8) is 0 Å². The lowest BCUT2D eigenvalue weighted by atomic mass is 9.94. The minimum Gasteiger partial charge on any atom is -0.396 e. The van der Waals surface area contributed by atoms with Gasteiger partial charge in [-0.2, -0.15) is 0 Å². The van der Waals surface area contributed by atoms with E-state index in [-0.39, 0.29) is 12.6 Å². The van der Waals surface area contributed by atoms with Crippen LogP contribution in [0.5, 0.6) is 0 Å². The predicted octanol–water partition coefficient (Wildman–Crippen LogP) is 2.73. The van der Waals surface area contributed by atoms with Gasteiger partial charge in [0.1, 0.15) is 0 Å². The van der Waals surface area contributed by atoms with Crippen molar-refractivity contribution in [3.8, 4) is 0 Å². The third kappa shape index (κ3) is 3.32. The summed E-state index contributed by atoms with van der Waals surface area (Å²) in [5.41, 5.74) is 3.97. The number of aliphatic hydroxyl groups is 1. The van der Waals surface area contributed by atoms with Gasteiger partial charge in [-0.25, -0.2) is 0 Å². The molecule has 1 aromatic carbocycles. The Labute approximate surface area is 98.7 Å². The van der Waals surface area contributed by atoms with E-state index in [0.29, 0.717) is 0 Å². The average molecular weight is 221 g/mol. The summed E-state index contributed by atoms with van der Waals surface area (Å²) in [5.74, 6) is 0. The second-order valence-electron chi connectivity index (χ2n) is 4.32. The van der Waals surface area contributed by atoms with Crippen molar-refractivity contribution in [2.75, 3.05) is 13.2 Å². The Bertz CT molecular complexity index is 302. The molecule has 1 unspecified atom stereocenters. The van der Waals surface area contributed by atoms with Crippen LogP contribution in [0.3, 0.4) is 0 Å². The van der Waals surface area contributed by atoms with Crippen LogP contribution in [0.2, 0.25) is 0 Å². The minimum atomic E-state index is 0.231. The van der Waals surface area contributed by atoms with E-state index in [9.17, 15) is 0 Å². The summed E-state index contributed by atoms with van der Waals surface area (Å²) in [6, 6.07) is 6.65. The Morgan fingerprint density at radius 1 is 1.25 bits per heavy atom. The Morgan fingerprint density at radius 2 is 1.88 bits per heavy atom. The molecule has 0 fully saturated rings. The molecule has 0 spiro atoms. The Balaban J connectivity index is 2.90. The zero-order valence-electron chi connectivity index (χ0n) is 10.6. The molecular weight excluding hydrogens is 198 g/mol. The lowest BCUT2D eigenvalue weighted by Crippen LogP contribution is -2.24. The molecule has 0 aromatic heterocycles. The molecule has 16 heavy (non-hydrogen) atoms. The molecule has 90 valence electrons. The minimum absolute atomic E-state index is 0.231. The van der Waals surface area contributed by atoms with Crippen LogP contribution in [0.15, 0.2) is 18.2 Å². The lowest BCUT2D eigenvalue weighted by molar-refractivity contribution is 0.265. The predicted molar refractivity (Wildman–Crippen MR) is 68.7 cm³/mol. The van der Waals surface area contributed by atoms with Gasteiger partial charge in [0.2, 0.25) is 0 Å². The molecule has 0 saturated heterocycles. The van der Waals surface area contributed by atoms with Gasteiger partial charge in [0.05, 0.1) is 0 Å². The molecule has 0 aliphatic heterocycles. The Hall–Kier alpha value is -0.860. The maximum absolute atomic E-state index is 9.14. The summed E-state index contributed by atoms with van der Waals surface area (Å²) in [4.78, 5) is 0. The molecule has 1 atom stereocenters. The Kier molecular flexibility index (Phi) is 5.50. The first-order valence-electron chi connectivity index (χ1n) is 6.11. The van der Waals surface area contributed by atoms with Gasteiger partial charge in [0, 0.05) is 12.6 Å². The number of hydrogen-bond donors (Lipinski definition) is 2. The van der Waals surface area contributed by atoms with Gasteiger partial charge in [-0.05, 0) is 49.9 Å². The van der Waals surface area contributed by atoms with E-state index in [1.807, 2.05) is 0 Å². The number of nitrogens with one attached hydrogen (secondary N) is 1. The molecule has 2 heteroatoms. The fraction of sp³-hybridized carbons (Fsp3) is 0.571. The normalized spacial score (nSPS) is 12.8. The van der Waals surface area contributed by atoms with Crippen molar-refractivity contribution in [3.05, 3.63) is 34.9 Å². The van der Waals surface area contributed by atoms with Crippen LogP contribution in [-0.4, -0.2) is 18.3 Å². The summed E-state index contributed by atoms with van der Waals surface area (Å²) in [7, 11) is 0. The van der Waals surface area contributed by atoms with Crippen molar-refractivity contribution in [2.24, 2.45) is 0 Å². The highest BCUT2D eigenvalue weighted by molar-refractivity contribution is 5.36. The molecule has 0 aliphatic rings.